The van der Waals surface area contributed by atoms with Crippen LogP contribution >= 0.6 is 0 Å². The quantitative estimate of drug-likeness (QED) is 0.187. The molecule has 168 valence electrons. The number of hydrogen-bond acceptors (Lipinski definition) is 5. The van der Waals surface area contributed by atoms with E-state index >= 15 is 0 Å². The summed E-state index contributed by atoms with van der Waals surface area (Å²) in [5, 5.41) is 23.0. The van der Waals surface area contributed by atoms with Crippen molar-refractivity contribution in [3.63, 3.8) is 0 Å². The normalized spacial score (nSPS) is 11.2. The number of benzene rings is 3. The molecule has 1 heterocycles. The molecule has 0 fully saturated rings. The molecule has 1 aromatic heterocycles. The number of unbranched alkanes of at least 4 members (excludes halogenated alkanes) is 2. The highest BCUT2D eigenvalue weighted by Gasteiger charge is 2.11. The van der Waals surface area contributed by atoms with Gasteiger partial charge in [0.05, 0.1) is 18.5 Å². The average molecular weight is 443 g/mol. The van der Waals surface area contributed by atoms with Crippen molar-refractivity contribution < 1.29 is 14.6 Å². The molecule has 7 nitrogen and oxygen atoms in total. The zero-order valence-electron chi connectivity index (χ0n) is 18.4. The maximum Gasteiger partial charge on any atom is 0.289 e. The topological polar surface area (TPSA) is 99.6 Å². The zero-order valence-corrected chi connectivity index (χ0v) is 18.4. The molecule has 0 aliphatic carbocycles. The maximum absolute atomic E-state index is 12.5. The summed E-state index contributed by atoms with van der Waals surface area (Å²) in [4.78, 5) is 12.5. The molecule has 1 amide bonds. The molecule has 4 aromatic rings. The fourth-order valence-electron chi connectivity index (χ4n) is 3.49. The van der Waals surface area contributed by atoms with Gasteiger partial charge in [-0.1, -0.05) is 50.1 Å². The molecule has 0 aliphatic heterocycles. The maximum atomic E-state index is 12.5. The van der Waals surface area contributed by atoms with Crippen molar-refractivity contribution in [2.75, 3.05) is 6.61 Å². The Labute approximate surface area is 192 Å². The molecule has 3 aromatic carbocycles. The van der Waals surface area contributed by atoms with Gasteiger partial charge in [-0.3, -0.25) is 9.89 Å². The van der Waals surface area contributed by atoms with E-state index in [2.05, 4.69) is 27.6 Å². The molecule has 0 saturated carbocycles. The van der Waals surface area contributed by atoms with Gasteiger partial charge >= 0.3 is 0 Å². The number of aromatic hydroxyl groups is 1. The van der Waals surface area contributed by atoms with Gasteiger partial charge < -0.3 is 9.84 Å². The number of carbonyl (C=O) groups excluding carboxylic acids is 1. The molecule has 0 aliphatic rings. The van der Waals surface area contributed by atoms with Crippen LogP contribution in [0.15, 0.2) is 71.8 Å². The van der Waals surface area contributed by atoms with Crippen molar-refractivity contribution in [2.45, 2.75) is 26.2 Å². The van der Waals surface area contributed by atoms with E-state index in [0.29, 0.717) is 17.9 Å². The standard InChI is InChI=1S/C26H26N4O3/c1-2-3-6-15-33-20-12-9-19(10-13-20)23-16-24(29-28-23)26(32)30-27-17-22-21-8-5-4-7-18(21)11-14-25(22)31/h4-5,7-14,16-17,31H,2-3,6,15H2,1H3,(H,28,29)(H,30,32). The number of rotatable bonds is 9. The molecule has 3 N–H and O–H groups in total. The van der Waals surface area contributed by atoms with Crippen LogP contribution in [0.25, 0.3) is 22.0 Å². The highest BCUT2D eigenvalue weighted by atomic mass is 16.5. The Morgan fingerprint density at radius 3 is 2.76 bits per heavy atom. The van der Waals surface area contributed by atoms with E-state index in [9.17, 15) is 9.90 Å². The highest BCUT2D eigenvalue weighted by Crippen LogP contribution is 2.25. The van der Waals surface area contributed by atoms with Gasteiger partial charge in [-0.25, -0.2) is 5.43 Å². The van der Waals surface area contributed by atoms with Crippen LogP contribution in [0.1, 0.15) is 42.2 Å². The van der Waals surface area contributed by atoms with E-state index in [4.69, 9.17) is 4.74 Å². The first-order valence-electron chi connectivity index (χ1n) is 11.0. The monoisotopic (exact) mass is 442 g/mol. The van der Waals surface area contributed by atoms with E-state index in [0.717, 1.165) is 41.3 Å². The van der Waals surface area contributed by atoms with Gasteiger partial charge in [0.25, 0.3) is 5.91 Å². The van der Waals surface area contributed by atoms with Crippen LogP contribution in [0.4, 0.5) is 0 Å². The minimum absolute atomic E-state index is 0.0910. The number of aromatic nitrogens is 2. The average Bonchev–Trinajstić information content (AvgIpc) is 3.34. The van der Waals surface area contributed by atoms with Crippen molar-refractivity contribution in [3.8, 4) is 22.8 Å². The lowest BCUT2D eigenvalue weighted by atomic mass is 10.0. The molecule has 0 unspecified atom stereocenters. The van der Waals surface area contributed by atoms with Crippen LogP contribution in [-0.2, 0) is 0 Å². The van der Waals surface area contributed by atoms with Crippen molar-refractivity contribution in [3.05, 3.63) is 78.0 Å². The Balaban J connectivity index is 1.39. The fraction of sp³-hybridized carbons (Fsp3) is 0.192. The summed E-state index contributed by atoms with van der Waals surface area (Å²) in [6, 6.07) is 20.4. The summed E-state index contributed by atoms with van der Waals surface area (Å²) in [5.41, 5.74) is 4.81. The number of nitrogens with one attached hydrogen (secondary N) is 2. The molecule has 0 atom stereocenters. The fourth-order valence-corrected chi connectivity index (χ4v) is 3.49. The molecule has 0 radical (unpaired) electrons. The first kappa shape index (κ1) is 22.1. The van der Waals surface area contributed by atoms with Gasteiger partial charge in [-0.15, -0.1) is 0 Å². The minimum atomic E-state index is -0.430. The summed E-state index contributed by atoms with van der Waals surface area (Å²) in [6.45, 7) is 2.87. The highest BCUT2D eigenvalue weighted by molar-refractivity contribution is 6.03. The number of amides is 1. The number of fused-ring (bicyclic) bond motifs is 1. The van der Waals surface area contributed by atoms with E-state index in [1.165, 1.54) is 6.21 Å². The van der Waals surface area contributed by atoms with Gasteiger partial charge in [0.2, 0.25) is 0 Å². The van der Waals surface area contributed by atoms with Crippen LogP contribution < -0.4 is 10.2 Å². The molecule has 0 saturated heterocycles. The van der Waals surface area contributed by atoms with Gasteiger partial charge in [-0.05, 0) is 53.6 Å². The second-order valence-electron chi connectivity index (χ2n) is 7.67. The van der Waals surface area contributed by atoms with Crippen LogP contribution in [0.3, 0.4) is 0 Å². The number of phenolic OH excluding ortho intramolecular Hbond substituents is 1. The van der Waals surface area contributed by atoms with Crippen LogP contribution in [-0.4, -0.2) is 34.0 Å². The molecule has 4 rings (SSSR count). The molecule has 0 spiro atoms. The molecular weight excluding hydrogens is 416 g/mol. The van der Waals surface area contributed by atoms with E-state index in [1.807, 2.05) is 54.6 Å². The third-order valence-corrected chi connectivity index (χ3v) is 5.30. The molecule has 0 bridgehead atoms. The number of carbonyl (C=O) groups is 1. The lowest BCUT2D eigenvalue weighted by molar-refractivity contribution is 0.0950. The number of H-pyrrole nitrogens is 1. The second-order valence-corrected chi connectivity index (χ2v) is 7.67. The number of phenols is 1. The summed E-state index contributed by atoms with van der Waals surface area (Å²) in [6.07, 6.45) is 4.79. The Morgan fingerprint density at radius 1 is 1.12 bits per heavy atom. The summed E-state index contributed by atoms with van der Waals surface area (Å²) < 4.78 is 5.73. The van der Waals surface area contributed by atoms with Crippen molar-refractivity contribution in [1.82, 2.24) is 15.6 Å². The first-order chi connectivity index (χ1) is 16.2. The smallest absolute Gasteiger partial charge is 0.289 e. The Hall–Kier alpha value is -4.13. The van der Waals surface area contributed by atoms with E-state index in [1.54, 1.807) is 12.1 Å². The Morgan fingerprint density at radius 2 is 1.94 bits per heavy atom. The minimum Gasteiger partial charge on any atom is -0.507 e. The van der Waals surface area contributed by atoms with Gasteiger partial charge in [0.1, 0.15) is 17.2 Å². The number of hydrazone groups is 1. The second kappa shape index (κ2) is 10.5. The van der Waals surface area contributed by atoms with Gasteiger partial charge in [-0.2, -0.15) is 10.2 Å². The summed E-state index contributed by atoms with van der Waals surface area (Å²) in [7, 11) is 0. The van der Waals surface area contributed by atoms with Crippen LogP contribution in [0.2, 0.25) is 0 Å². The van der Waals surface area contributed by atoms with Gasteiger partial charge in [0.15, 0.2) is 0 Å². The lowest BCUT2D eigenvalue weighted by Crippen LogP contribution is -2.18. The van der Waals surface area contributed by atoms with E-state index in [-0.39, 0.29) is 11.4 Å². The largest absolute Gasteiger partial charge is 0.507 e. The summed E-state index contributed by atoms with van der Waals surface area (Å²) >= 11 is 0. The first-order valence-corrected chi connectivity index (χ1v) is 11.0. The van der Waals surface area contributed by atoms with Gasteiger partial charge in [0, 0.05) is 11.1 Å². The Bertz CT molecular complexity index is 1260. The van der Waals surface area contributed by atoms with Crippen molar-refractivity contribution >= 4 is 22.9 Å². The van der Waals surface area contributed by atoms with E-state index < -0.39 is 5.91 Å². The molecular formula is C26H26N4O3. The predicted octanol–water partition coefficient (Wildman–Crippen LogP) is 5.27. The van der Waals surface area contributed by atoms with Crippen LogP contribution in [0, 0.1) is 0 Å². The third kappa shape index (κ3) is 5.38. The number of ether oxygens (including phenoxy) is 1. The van der Waals surface area contributed by atoms with Crippen LogP contribution in [0.5, 0.6) is 11.5 Å². The predicted molar refractivity (Wildman–Crippen MR) is 130 cm³/mol. The number of nitrogens with zero attached hydrogens (tertiary/aromatic N) is 2. The number of aromatic amines is 1. The van der Waals surface area contributed by atoms with Crippen molar-refractivity contribution in [1.29, 1.82) is 0 Å². The zero-order chi connectivity index (χ0) is 23.0. The lowest BCUT2D eigenvalue weighted by Gasteiger charge is -2.06. The molecule has 7 heteroatoms. The SMILES string of the molecule is CCCCCOc1ccc(-c2cc(C(=O)NN=Cc3c(O)ccc4ccccc34)[nH]n2)cc1. The third-order valence-electron chi connectivity index (χ3n) is 5.30. The summed E-state index contributed by atoms with van der Waals surface area (Å²) in [5.74, 6) is 0.475. The molecule has 33 heavy (non-hydrogen) atoms. The number of hydrogen-bond donors (Lipinski definition) is 3. The van der Waals surface area contributed by atoms with Crippen molar-refractivity contribution in [2.24, 2.45) is 5.10 Å². The Kier molecular flexibility index (Phi) is 6.99.